The lowest BCUT2D eigenvalue weighted by atomic mass is 10.00. The number of ether oxygens (including phenoxy) is 2. The molecule has 1 saturated carbocycles. The van der Waals surface area contributed by atoms with Crippen LogP contribution in [0.2, 0.25) is 5.02 Å². The predicted octanol–water partition coefficient (Wildman–Crippen LogP) is 3.45. The molecule has 0 spiro atoms. The number of halogens is 1. The van der Waals surface area contributed by atoms with Crippen molar-refractivity contribution in [1.82, 2.24) is 0 Å². The van der Waals surface area contributed by atoms with Crippen molar-refractivity contribution in [3.05, 3.63) is 64.7 Å². The summed E-state index contributed by atoms with van der Waals surface area (Å²) in [5.74, 6) is -0.507. The fourth-order valence-electron chi connectivity index (χ4n) is 3.35. The van der Waals surface area contributed by atoms with Crippen LogP contribution in [-0.4, -0.2) is 44.1 Å². The van der Waals surface area contributed by atoms with Gasteiger partial charge >= 0.3 is 5.97 Å². The topological polar surface area (TPSA) is 68.2 Å². The van der Waals surface area contributed by atoms with E-state index in [1.165, 1.54) is 12.0 Å². The maximum atomic E-state index is 13.0. The first-order valence-electron chi connectivity index (χ1n) is 9.49. The fraction of sp³-hybridized carbons (Fsp3) is 0.318. The van der Waals surface area contributed by atoms with Crippen molar-refractivity contribution in [2.24, 2.45) is 10.9 Å². The first kappa shape index (κ1) is 19.6. The third-order valence-electron chi connectivity index (χ3n) is 5.00. The van der Waals surface area contributed by atoms with E-state index in [2.05, 4.69) is 4.99 Å². The Morgan fingerprint density at radius 2 is 2.00 bits per heavy atom. The van der Waals surface area contributed by atoms with Gasteiger partial charge in [-0.15, -0.1) is 0 Å². The molecule has 1 heterocycles. The predicted molar refractivity (Wildman–Crippen MR) is 110 cm³/mol. The van der Waals surface area contributed by atoms with Gasteiger partial charge in [0, 0.05) is 23.3 Å². The molecule has 1 fully saturated rings. The van der Waals surface area contributed by atoms with E-state index in [1.807, 2.05) is 30.3 Å². The molecule has 0 bridgehead atoms. The molecule has 0 N–H and O–H groups in total. The highest BCUT2D eigenvalue weighted by atomic mass is 35.5. The van der Waals surface area contributed by atoms with E-state index >= 15 is 0 Å². The van der Waals surface area contributed by atoms with E-state index in [1.54, 1.807) is 18.2 Å². The molecule has 1 atom stereocenters. The molecule has 0 saturated heterocycles. The minimum atomic E-state index is -0.754. The highest BCUT2D eigenvalue weighted by Crippen LogP contribution is 2.32. The third-order valence-corrected chi connectivity index (χ3v) is 5.24. The average molecular weight is 413 g/mol. The molecule has 2 aromatic carbocycles. The highest BCUT2D eigenvalue weighted by molar-refractivity contribution is 6.32. The zero-order valence-electron chi connectivity index (χ0n) is 16.0. The molecule has 7 heteroatoms. The Labute approximate surface area is 174 Å². The summed E-state index contributed by atoms with van der Waals surface area (Å²) in [4.78, 5) is 31.0. The van der Waals surface area contributed by atoms with Crippen molar-refractivity contribution < 1.29 is 19.1 Å². The largest absolute Gasteiger partial charge is 0.461 e. The first-order chi connectivity index (χ1) is 14.1. The molecule has 1 amide bonds. The van der Waals surface area contributed by atoms with Gasteiger partial charge in [-0.2, -0.15) is 0 Å². The maximum Gasteiger partial charge on any atom is 0.309 e. The molecule has 2 aliphatic rings. The van der Waals surface area contributed by atoms with E-state index in [4.69, 9.17) is 21.1 Å². The molecule has 4 rings (SSSR count). The average Bonchev–Trinajstić information content (AvgIpc) is 3.58. The lowest BCUT2D eigenvalue weighted by molar-refractivity contribution is -0.149. The van der Waals surface area contributed by atoms with Gasteiger partial charge in [-0.3, -0.25) is 19.5 Å². The number of rotatable bonds is 6. The summed E-state index contributed by atoms with van der Waals surface area (Å²) < 4.78 is 10.9. The summed E-state index contributed by atoms with van der Waals surface area (Å²) in [7, 11) is 1.49. The second-order valence-corrected chi connectivity index (χ2v) is 7.49. The van der Waals surface area contributed by atoms with E-state index in [-0.39, 0.29) is 30.9 Å². The molecule has 150 valence electrons. The van der Waals surface area contributed by atoms with Crippen LogP contribution in [0.15, 0.2) is 53.5 Å². The first-order valence-corrected chi connectivity index (χ1v) is 9.87. The Morgan fingerprint density at radius 1 is 1.24 bits per heavy atom. The second kappa shape index (κ2) is 8.35. The summed E-state index contributed by atoms with van der Waals surface area (Å²) in [5.41, 5.74) is 2.92. The van der Waals surface area contributed by atoms with Crippen LogP contribution < -0.4 is 4.90 Å². The van der Waals surface area contributed by atoms with Gasteiger partial charge in [0.15, 0.2) is 6.23 Å². The van der Waals surface area contributed by atoms with Crippen molar-refractivity contribution >= 4 is 34.9 Å². The van der Waals surface area contributed by atoms with Crippen LogP contribution in [0.1, 0.15) is 24.0 Å². The number of hydrogen-bond donors (Lipinski definition) is 0. The molecule has 0 radical (unpaired) electrons. The fourth-order valence-corrected chi connectivity index (χ4v) is 3.52. The zero-order valence-corrected chi connectivity index (χ0v) is 16.8. The number of aliphatic imine (C=N–C) groups is 1. The lowest BCUT2D eigenvalue weighted by Crippen LogP contribution is -2.46. The van der Waals surface area contributed by atoms with Crippen LogP contribution in [0.5, 0.6) is 0 Å². The van der Waals surface area contributed by atoms with Gasteiger partial charge in [0.2, 0.25) is 0 Å². The summed E-state index contributed by atoms with van der Waals surface area (Å²) in [6.45, 7) is -0.0900. The Balaban J connectivity index is 1.70. The Bertz CT molecular complexity index is 957. The van der Waals surface area contributed by atoms with Crippen LogP contribution in [-0.2, 0) is 19.1 Å². The van der Waals surface area contributed by atoms with Gasteiger partial charge in [-0.25, -0.2) is 0 Å². The van der Waals surface area contributed by atoms with Gasteiger partial charge in [-0.1, -0.05) is 41.9 Å². The molecule has 1 unspecified atom stereocenters. The van der Waals surface area contributed by atoms with Crippen molar-refractivity contribution in [3.8, 4) is 0 Å². The van der Waals surface area contributed by atoms with Gasteiger partial charge in [0.25, 0.3) is 5.91 Å². The molecule has 29 heavy (non-hydrogen) atoms. The minimum absolute atomic E-state index is 0.0218. The molecule has 1 aliphatic carbocycles. The zero-order chi connectivity index (χ0) is 20.4. The standard InChI is InChI=1S/C22H21ClN2O4/c1-28-20(13-29-22(27)15-7-8-15)25-18-10-9-16(23)11-17(18)21(24-12-19(25)26)14-5-3-2-4-6-14/h2-6,9-11,15,20H,7-8,12-13H2,1H3. The number of esters is 1. The molecule has 1 aliphatic heterocycles. The van der Waals surface area contributed by atoms with E-state index in [0.717, 1.165) is 24.0 Å². The van der Waals surface area contributed by atoms with Crippen LogP contribution >= 0.6 is 11.6 Å². The van der Waals surface area contributed by atoms with Crippen molar-refractivity contribution in [2.45, 2.75) is 19.1 Å². The molecular formula is C22H21ClN2O4. The number of anilines is 1. The van der Waals surface area contributed by atoms with Crippen LogP contribution in [0.3, 0.4) is 0 Å². The van der Waals surface area contributed by atoms with E-state index in [9.17, 15) is 9.59 Å². The third kappa shape index (κ3) is 4.18. The van der Waals surface area contributed by atoms with Crippen LogP contribution in [0.4, 0.5) is 5.69 Å². The lowest BCUT2D eigenvalue weighted by Gasteiger charge is -2.30. The summed E-state index contributed by atoms with van der Waals surface area (Å²) in [6.07, 6.45) is 0.958. The number of nitrogens with zero attached hydrogens (tertiary/aromatic N) is 2. The van der Waals surface area contributed by atoms with E-state index < -0.39 is 6.23 Å². The number of fused-ring (bicyclic) bond motifs is 1. The number of amides is 1. The van der Waals surface area contributed by atoms with Crippen molar-refractivity contribution in [3.63, 3.8) is 0 Å². The monoisotopic (exact) mass is 412 g/mol. The summed E-state index contributed by atoms with van der Waals surface area (Å²) >= 11 is 6.27. The van der Waals surface area contributed by atoms with Crippen molar-refractivity contribution in [1.29, 1.82) is 0 Å². The van der Waals surface area contributed by atoms with Gasteiger partial charge in [0.05, 0.1) is 17.3 Å². The van der Waals surface area contributed by atoms with Gasteiger partial charge in [-0.05, 0) is 31.0 Å². The number of carbonyl (C=O) groups is 2. The van der Waals surface area contributed by atoms with Gasteiger partial charge in [0.1, 0.15) is 13.2 Å². The molecular weight excluding hydrogens is 392 g/mol. The van der Waals surface area contributed by atoms with Crippen LogP contribution in [0.25, 0.3) is 0 Å². The summed E-state index contributed by atoms with van der Waals surface area (Å²) in [6, 6.07) is 14.9. The number of methoxy groups -OCH3 is 1. The quantitative estimate of drug-likeness (QED) is 0.681. The number of hydrogen-bond acceptors (Lipinski definition) is 5. The SMILES string of the molecule is COC(COC(=O)C1CC1)N1C(=O)CN=C(c2ccccc2)c2cc(Cl)ccc21. The maximum absolute atomic E-state index is 13.0. The molecule has 6 nitrogen and oxygen atoms in total. The normalized spacial score (nSPS) is 17.2. The number of carbonyl (C=O) groups excluding carboxylic acids is 2. The van der Waals surface area contributed by atoms with E-state index in [0.29, 0.717) is 16.4 Å². The van der Waals surface area contributed by atoms with Gasteiger partial charge < -0.3 is 9.47 Å². The van der Waals surface area contributed by atoms with Crippen LogP contribution in [0, 0.1) is 5.92 Å². The summed E-state index contributed by atoms with van der Waals surface area (Å²) in [5, 5.41) is 0.538. The highest BCUT2D eigenvalue weighted by Gasteiger charge is 2.35. The second-order valence-electron chi connectivity index (χ2n) is 7.05. The number of benzodiazepines with no additional fused rings is 1. The molecule has 0 aromatic heterocycles. The number of benzene rings is 2. The Kier molecular flexibility index (Phi) is 5.65. The smallest absolute Gasteiger partial charge is 0.309 e. The Morgan fingerprint density at radius 3 is 2.69 bits per heavy atom. The Hall–Kier alpha value is -2.70. The molecule has 2 aromatic rings. The minimum Gasteiger partial charge on any atom is -0.461 e. The van der Waals surface area contributed by atoms with Crippen molar-refractivity contribution in [2.75, 3.05) is 25.2 Å².